The van der Waals surface area contributed by atoms with Gasteiger partial charge in [0.1, 0.15) is 11.3 Å². The van der Waals surface area contributed by atoms with Crippen LogP contribution in [0.3, 0.4) is 0 Å². The molecular weight excluding hydrogens is 441 g/mol. The maximum atomic E-state index is 13.2. The van der Waals surface area contributed by atoms with E-state index in [0.29, 0.717) is 16.5 Å². The Morgan fingerprint density at radius 1 is 1.30 bits per heavy atom. The number of rotatable bonds is 6. The number of nitrogens with zero attached hydrogens (tertiary/aromatic N) is 4. The van der Waals surface area contributed by atoms with Gasteiger partial charge in [-0.1, -0.05) is 18.2 Å². The second-order valence-corrected chi connectivity index (χ2v) is 6.57. The van der Waals surface area contributed by atoms with Crippen molar-refractivity contribution in [1.29, 1.82) is 0 Å². The molecule has 170 valence electrons. The lowest BCUT2D eigenvalue weighted by atomic mass is 10.1. The molecule has 0 unspecified atom stereocenters. The smallest absolute Gasteiger partial charge is 0.480 e. The van der Waals surface area contributed by atoms with Crippen LogP contribution in [-0.4, -0.2) is 39.0 Å². The quantitative estimate of drug-likeness (QED) is 0.453. The number of aromatic nitrogens is 4. The maximum Gasteiger partial charge on any atom is 0.573 e. The molecule has 1 aromatic carbocycles. The van der Waals surface area contributed by atoms with E-state index < -0.39 is 36.2 Å². The molecule has 0 spiro atoms. The highest BCUT2D eigenvalue weighted by molar-refractivity contribution is 5.97. The minimum atomic E-state index is -4.97. The second-order valence-electron chi connectivity index (χ2n) is 6.57. The number of hydrogen-bond acceptors (Lipinski definition) is 7. The standard InChI is InChI=1S/C21H17F3N6O3/c1-32-19-15(18(31)26-10-13-4-2-3-5-16(13)33-21(22,23)24)8-14(11-27-19)12-6-7-30-17(9-12)28-20(25)29-30/h2-9,11H,10H2,1H3,(H2,25,29)(H,26,31)/i8D,11D/hD. The predicted octanol–water partition coefficient (Wildman–Crippen LogP) is 3.21. The number of nitrogens with one attached hydrogen (secondary N) is 1. The Labute approximate surface area is 189 Å². The third-order valence-electron chi connectivity index (χ3n) is 4.37. The summed E-state index contributed by atoms with van der Waals surface area (Å²) in [5.41, 5.74) is 5.61. The fraction of sp³-hybridized carbons (Fsp3) is 0.143. The van der Waals surface area contributed by atoms with Crippen molar-refractivity contribution < 1.29 is 31.6 Å². The zero-order valence-corrected chi connectivity index (χ0v) is 16.9. The van der Waals surface area contributed by atoms with Crippen molar-refractivity contribution in [3.8, 4) is 22.8 Å². The van der Waals surface area contributed by atoms with Gasteiger partial charge >= 0.3 is 6.36 Å². The van der Waals surface area contributed by atoms with Crippen LogP contribution in [0.2, 0.25) is 1.41 Å². The number of fused-ring (bicyclic) bond motifs is 1. The normalized spacial score (nSPS) is 12.7. The Balaban J connectivity index is 1.73. The minimum absolute atomic E-state index is 0.00713. The minimum Gasteiger partial charge on any atom is -0.480 e. The summed E-state index contributed by atoms with van der Waals surface area (Å²) in [6.45, 7) is -0.601. The van der Waals surface area contributed by atoms with Crippen LogP contribution in [0.25, 0.3) is 16.8 Å². The molecule has 9 nitrogen and oxygen atoms in total. The molecule has 4 rings (SSSR count). The van der Waals surface area contributed by atoms with E-state index in [0.717, 1.165) is 6.07 Å². The van der Waals surface area contributed by atoms with Crippen molar-refractivity contribution in [2.45, 2.75) is 12.9 Å². The molecule has 3 aromatic heterocycles. The summed E-state index contributed by atoms with van der Waals surface area (Å²) < 4.78 is 73.8. The van der Waals surface area contributed by atoms with E-state index in [1.165, 1.54) is 48.2 Å². The predicted molar refractivity (Wildman–Crippen MR) is 111 cm³/mol. The largest absolute Gasteiger partial charge is 0.573 e. The van der Waals surface area contributed by atoms with E-state index in [1.54, 1.807) is 0 Å². The molecule has 0 radical (unpaired) electrons. The highest BCUT2D eigenvalue weighted by Crippen LogP contribution is 2.27. The van der Waals surface area contributed by atoms with E-state index >= 15 is 0 Å². The molecule has 0 aliphatic rings. The van der Waals surface area contributed by atoms with Gasteiger partial charge in [-0.2, -0.15) is 4.98 Å². The molecule has 3 N–H and O–H groups in total. The highest BCUT2D eigenvalue weighted by Gasteiger charge is 2.32. The van der Waals surface area contributed by atoms with E-state index in [-0.39, 0.29) is 29.1 Å². The second kappa shape index (κ2) is 8.65. The van der Waals surface area contributed by atoms with Crippen LogP contribution in [0.1, 0.15) is 18.7 Å². The number of anilines is 1. The number of hydrogen-bond donors (Lipinski definition) is 2. The molecule has 4 aromatic rings. The van der Waals surface area contributed by atoms with Gasteiger partial charge in [0.15, 0.2) is 7.06 Å². The Morgan fingerprint density at radius 3 is 2.85 bits per heavy atom. The highest BCUT2D eigenvalue weighted by atomic mass is 19.4. The van der Waals surface area contributed by atoms with Crippen LogP contribution in [0, 0.1) is 0 Å². The van der Waals surface area contributed by atoms with Crippen LogP contribution >= 0.6 is 0 Å². The zero-order valence-electron chi connectivity index (χ0n) is 19.9. The van der Waals surface area contributed by atoms with E-state index in [4.69, 9.17) is 14.6 Å². The third-order valence-corrected chi connectivity index (χ3v) is 4.37. The Morgan fingerprint density at radius 2 is 2.09 bits per heavy atom. The molecule has 0 fully saturated rings. The summed E-state index contributed by atoms with van der Waals surface area (Å²) in [4.78, 5) is 21.2. The SMILES string of the molecule is [2H]c1nc(OC)c(C(=O)N([2H])Cc2ccccc2OC(F)(F)F)c([2H])c1-c1ccn2nc(N)nc2c1. The monoisotopic (exact) mass is 461 g/mol. The first-order valence-electron chi connectivity index (χ1n) is 10.7. The molecule has 3 heterocycles. The number of methoxy groups -OCH3 is 1. The van der Waals surface area contributed by atoms with E-state index in [1.807, 2.05) is 0 Å². The van der Waals surface area contributed by atoms with Crippen molar-refractivity contribution in [2.75, 3.05) is 12.8 Å². The lowest BCUT2D eigenvalue weighted by molar-refractivity contribution is -0.274. The van der Waals surface area contributed by atoms with Crippen LogP contribution in [0.5, 0.6) is 11.6 Å². The first-order chi connectivity index (χ1) is 17.0. The number of para-hydroxylation sites is 1. The number of nitrogen functional groups attached to an aromatic ring is 1. The maximum absolute atomic E-state index is 13.2. The Hall–Kier alpha value is -4.35. The van der Waals surface area contributed by atoms with Gasteiger partial charge in [-0.05, 0) is 29.8 Å². The molecule has 0 saturated carbocycles. The van der Waals surface area contributed by atoms with E-state index in [2.05, 4.69) is 19.8 Å². The molecule has 0 aliphatic heterocycles. The molecule has 0 saturated heterocycles. The molecule has 33 heavy (non-hydrogen) atoms. The number of benzene rings is 1. The lowest BCUT2D eigenvalue weighted by Gasteiger charge is -2.14. The Kier molecular flexibility index (Phi) is 4.78. The van der Waals surface area contributed by atoms with Gasteiger partial charge in [-0.15, -0.1) is 18.3 Å². The summed E-state index contributed by atoms with van der Waals surface area (Å²) in [5, 5.41) is 4.30. The fourth-order valence-corrected chi connectivity index (χ4v) is 2.95. The van der Waals surface area contributed by atoms with Gasteiger partial charge in [0.2, 0.25) is 11.8 Å². The van der Waals surface area contributed by atoms with Crippen molar-refractivity contribution in [2.24, 2.45) is 0 Å². The summed E-state index contributed by atoms with van der Waals surface area (Å²) in [6.07, 6.45) is -3.86. The summed E-state index contributed by atoms with van der Waals surface area (Å²) in [6, 6.07) is 7.60. The fourth-order valence-electron chi connectivity index (χ4n) is 2.95. The first-order valence-corrected chi connectivity index (χ1v) is 9.30. The van der Waals surface area contributed by atoms with Crippen molar-refractivity contribution >= 4 is 17.5 Å². The number of carbonyl (C=O) groups excluding carboxylic acids is 1. The van der Waals surface area contributed by atoms with Crippen molar-refractivity contribution in [1.82, 2.24) is 24.9 Å². The van der Waals surface area contributed by atoms with Gasteiger partial charge < -0.3 is 20.5 Å². The Bertz CT molecular complexity index is 1460. The molecule has 0 bridgehead atoms. The van der Waals surface area contributed by atoms with Crippen LogP contribution in [0.4, 0.5) is 19.1 Å². The van der Waals surface area contributed by atoms with Crippen LogP contribution < -0.4 is 20.5 Å². The number of carbonyl (C=O) groups is 1. The number of ether oxygens (including phenoxy) is 2. The number of halogens is 3. The molecule has 12 heteroatoms. The van der Waals surface area contributed by atoms with Crippen molar-refractivity contribution in [3.05, 3.63) is 65.9 Å². The van der Waals surface area contributed by atoms with Gasteiger partial charge in [0.25, 0.3) is 5.91 Å². The number of nitrogens with two attached hydrogens (primary N) is 1. The molecule has 0 aliphatic carbocycles. The first kappa shape index (κ1) is 18.2. The lowest BCUT2D eigenvalue weighted by Crippen LogP contribution is -2.25. The summed E-state index contributed by atoms with van der Waals surface area (Å²) >= 11 is 0. The average molecular weight is 461 g/mol. The summed E-state index contributed by atoms with van der Waals surface area (Å²) in [5.74, 6) is -2.04. The van der Waals surface area contributed by atoms with Crippen molar-refractivity contribution in [3.63, 3.8) is 0 Å². The molecule has 1 amide bonds. The number of amides is 1. The average Bonchev–Trinajstić information content (AvgIpc) is 3.18. The number of alkyl halides is 3. The van der Waals surface area contributed by atoms with Gasteiger partial charge in [-0.3, -0.25) is 4.79 Å². The van der Waals surface area contributed by atoms with E-state index in [9.17, 15) is 18.0 Å². The van der Waals surface area contributed by atoms with Gasteiger partial charge in [-0.25, -0.2) is 9.50 Å². The van der Waals surface area contributed by atoms with Gasteiger partial charge in [0.05, 0.1) is 9.85 Å². The molecule has 0 atom stereocenters. The zero-order chi connectivity index (χ0) is 26.2. The van der Waals surface area contributed by atoms with Gasteiger partial charge in [0, 0.05) is 30.0 Å². The number of pyridine rings is 2. The summed E-state index contributed by atoms with van der Waals surface area (Å²) in [7, 11) is 1.17. The van der Waals surface area contributed by atoms with Crippen LogP contribution in [-0.2, 0) is 6.54 Å². The third kappa shape index (κ3) is 4.95. The molecular formula is C21H17F3N6O3. The topological polar surface area (TPSA) is 117 Å². The van der Waals surface area contributed by atoms with Crippen LogP contribution in [0.15, 0.2) is 54.8 Å².